The summed E-state index contributed by atoms with van der Waals surface area (Å²) in [5.74, 6) is -0.990. The van der Waals surface area contributed by atoms with Crippen molar-refractivity contribution in [3.8, 4) is 0 Å². The van der Waals surface area contributed by atoms with Crippen LogP contribution in [0.25, 0.3) is 0 Å². The molecule has 0 aliphatic heterocycles. The van der Waals surface area contributed by atoms with Crippen molar-refractivity contribution in [2.75, 3.05) is 13.2 Å². The van der Waals surface area contributed by atoms with Crippen LogP contribution in [0.2, 0.25) is 0 Å². The second-order valence-corrected chi connectivity index (χ2v) is 5.97. The molecule has 1 aromatic rings. The van der Waals surface area contributed by atoms with E-state index in [1.165, 1.54) is 0 Å². The molecular formula is C15H20F4N2O2. The molecule has 130 valence electrons. The van der Waals surface area contributed by atoms with E-state index in [2.05, 4.69) is 10.6 Å². The van der Waals surface area contributed by atoms with Crippen LogP contribution in [0.4, 0.5) is 22.4 Å². The van der Waals surface area contributed by atoms with Gasteiger partial charge in [0.1, 0.15) is 5.82 Å². The smallest absolute Gasteiger partial charge is 0.396 e. The summed E-state index contributed by atoms with van der Waals surface area (Å²) in [6, 6.07) is 1.68. The molecule has 0 saturated heterocycles. The minimum absolute atomic E-state index is 0.0270. The first-order chi connectivity index (χ1) is 10.5. The first-order valence-corrected chi connectivity index (χ1v) is 7.03. The second kappa shape index (κ2) is 7.63. The highest BCUT2D eigenvalue weighted by Crippen LogP contribution is 2.32. The highest BCUT2D eigenvalue weighted by atomic mass is 19.4. The zero-order chi connectivity index (χ0) is 17.7. The molecule has 0 unspecified atom stereocenters. The number of aliphatic hydroxyl groups is 1. The van der Waals surface area contributed by atoms with Gasteiger partial charge in [-0.3, -0.25) is 0 Å². The van der Waals surface area contributed by atoms with Crippen molar-refractivity contribution < 1.29 is 27.5 Å². The van der Waals surface area contributed by atoms with Gasteiger partial charge in [-0.15, -0.1) is 0 Å². The lowest BCUT2D eigenvalue weighted by Crippen LogP contribution is -2.40. The maximum absolute atomic E-state index is 13.0. The van der Waals surface area contributed by atoms with Gasteiger partial charge in [0, 0.05) is 19.7 Å². The Morgan fingerprint density at radius 3 is 2.43 bits per heavy atom. The number of nitrogens with one attached hydrogen (secondary N) is 2. The standard InChI is InChI=1S/C15H20F4N2O2/c1-14(2,5-6-22)9-21-13(23)20-8-10-3-4-11(16)7-12(10)15(17,18)19/h3-4,7,22H,5-6,8-9H2,1-2H3,(H2,20,21,23). The van der Waals surface area contributed by atoms with E-state index in [0.717, 1.165) is 12.1 Å². The third-order valence-corrected chi connectivity index (χ3v) is 3.33. The number of carbonyl (C=O) groups is 1. The van der Waals surface area contributed by atoms with E-state index in [0.29, 0.717) is 12.5 Å². The number of hydrogen-bond acceptors (Lipinski definition) is 2. The monoisotopic (exact) mass is 336 g/mol. The molecule has 2 amide bonds. The summed E-state index contributed by atoms with van der Waals surface area (Å²) in [6.45, 7) is 3.54. The molecule has 0 bridgehead atoms. The van der Waals surface area contributed by atoms with Gasteiger partial charge in [0.05, 0.1) is 5.56 Å². The minimum Gasteiger partial charge on any atom is -0.396 e. The maximum atomic E-state index is 13.0. The van der Waals surface area contributed by atoms with Gasteiger partial charge < -0.3 is 15.7 Å². The summed E-state index contributed by atoms with van der Waals surface area (Å²) in [5.41, 5.74) is -1.67. The average molecular weight is 336 g/mol. The summed E-state index contributed by atoms with van der Waals surface area (Å²) in [6.07, 6.45) is -4.22. The molecule has 0 fully saturated rings. The average Bonchev–Trinajstić information content (AvgIpc) is 2.43. The van der Waals surface area contributed by atoms with Gasteiger partial charge in [0.25, 0.3) is 0 Å². The Hall–Kier alpha value is -1.83. The van der Waals surface area contributed by atoms with E-state index in [-0.39, 0.29) is 30.7 Å². The van der Waals surface area contributed by atoms with Crippen molar-refractivity contribution in [2.45, 2.75) is 33.0 Å². The Balaban J connectivity index is 2.63. The highest BCUT2D eigenvalue weighted by molar-refractivity contribution is 5.73. The van der Waals surface area contributed by atoms with E-state index in [9.17, 15) is 22.4 Å². The molecule has 1 rings (SSSR count). The van der Waals surface area contributed by atoms with Crippen LogP contribution in [0.1, 0.15) is 31.4 Å². The molecular weight excluding hydrogens is 316 g/mol. The van der Waals surface area contributed by atoms with Gasteiger partial charge in [-0.2, -0.15) is 13.2 Å². The van der Waals surface area contributed by atoms with Crippen molar-refractivity contribution in [1.29, 1.82) is 0 Å². The number of benzene rings is 1. The molecule has 0 aromatic heterocycles. The number of alkyl halides is 3. The lowest BCUT2D eigenvalue weighted by atomic mass is 9.90. The topological polar surface area (TPSA) is 61.4 Å². The minimum atomic E-state index is -4.70. The number of urea groups is 1. The van der Waals surface area contributed by atoms with Crippen molar-refractivity contribution in [1.82, 2.24) is 10.6 Å². The number of rotatable bonds is 6. The van der Waals surface area contributed by atoms with Crippen LogP contribution >= 0.6 is 0 Å². The van der Waals surface area contributed by atoms with Gasteiger partial charge >= 0.3 is 12.2 Å². The Morgan fingerprint density at radius 2 is 1.87 bits per heavy atom. The first kappa shape index (κ1) is 19.2. The SMILES string of the molecule is CC(C)(CCO)CNC(=O)NCc1ccc(F)cc1C(F)(F)F. The van der Waals surface area contributed by atoms with E-state index in [1.807, 2.05) is 13.8 Å². The Kier molecular flexibility index (Phi) is 6.37. The fraction of sp³-hybridized carbons (Fsp3) is 0.533. The molecule has 3 N–H and O–H groups in total. The van der Waals surface area contributed by atoms with Crippen LogP contribution in [0, 0.1) is 11.2 Å². The lowest BCUT2D eigenvalue weighted by Gasteiger charge is -2.24. The fourth-order valence-corrected chi connectivity index (χ4v) is 1.92. The van der Waals surface area contributed by atoms with Gasteiger partial charge in [0.15, 0.2) is 0 Å². The molecule has 0 saturated carbocycles. The number of hydrogen-bond donors (Lipinski definition) is 3. The van der Waals surface area contributed by atoms with Gasteiger partial charge in [-0.05, 0) is 29.5 Å². The lowest BCUT2D eigenvalue weighted by molar-refractivity contribution is -0.138. The van der Waals surface area contributed by atoms with Crippen LogP contribution in [0.15, 0.2) is 18.2 Å². The van der Waals surface area contributed by atoms with Gasteiger partial charge in [-0.25, -0.2) is 9.18 Å². The molecule has 0 radical (unpaired) electrons. The zero-order valence-corrected chi connectivity index (χ0v) is 12.9. The summed E-state index contributed by atoms with van der Waals surface area (Å²) < 4.78 is 51.5. The summed E-state index contributed by atoms with van der Waals surface area (Å²) in [4.78, 5) is 11.7. The first-order valence-electron chi connectivity index (χ1n) is 7.03. The Labute approximate surface area is 131 Å². The largest absolute Gasteiger partial charge is 0.416 e. The Morgan fingerprint density at radius 1 is 1.22 bits per heavy atom. The molecule has 8 heteroatoms. The van der Waals surface area contributed by atoms with Crippen molar-refractivity contribution in [3.05, 3.63) is 35.1 Å². The third-order valence-electron chi connectivity index (χ3n) is 3.33. The van der Waals surface area contributed by atoms with Crippen LogP contribution in [0.3, 0.4) is 0 Å². The second-order valence-electron chi connectivity index (χ2n) is 5.97. The molecule has 0 heterocycles. The summed E-state index contributed by atoms with van der Waals surface area (Å²) in [7, 11) is 0. The quantitative estimate of drug-likeness (QED) is 0.699. The summed E-state index contributed by atoms with van der Waals surface area (Å²) >= 11 is 0. The van der Waals surface area contributed by atoms with Crippen molar-refractivity contribution in [2.24, 2.45) is 5.41 Å². The fourth-order valence-electron chi connectivity index (χ4n) is 1.92. The van der Waals surface area contributed by atoms with Crippen LogP contribution < -0.4 is 10.6 Å². The predicted molar refractivity (Wildman–Crippen MR) is 77.1 cm³/mol. The van der Waals surface area contributed by atoms with Crippen molar-refractivity contribution >= 4 is 6.03 Å². The van der Waals surface area contributed by atoms with Crippen molar-refractivity contribution in [3.63, 3.8) is 0 Å². The molecule has 0 spiro atoms. The van der Waals surface area contributed by atoms with E-state index in [4.69, 9.17) is 5.11 Å². The van der Waals surface area contributed by atoms with Crippen LogP contribution in [-0.4, -0.2) is 24.3 Å². The zero-order valence-electron chi connectivity index (χ0n) is 12.9. The normalized spacial score (nSPS) is 12.1. The van der Waals surface area contributed by atoms with Gasteiger partial charge in [-0.1, -0.05) is 19.9 Å². The van der Waals surface area contributed by atoms with E-state index >= 15 is 0 Å². The maximum Gasteiger partial charge on any atom is 0.416 e. The van der Waals surface area contributed by atoms with Crippen LogP contribution in [-0.2, 0) is 12.7 Å². The Bertz CT molecular complexity index is 545. The van der Waals surface area contributed by atoms with E-state index in [1.54, 1.807) is 0 Å². The molecule has 0 atom stereocenters. The number of carbonyl (C=O) groups excluding carboxylic acids is 1. The molecule has 0 aliphatic carbocycles. The number of amides is 2. The predicted octanol–water partition coefficient (Wildman–Crippen LogP) is 3.05. The number of halogens is 4. The van der Waals surface area contributed by atoms with E-state index < -0.39 is 23.6 Å². The molecule has 23 heavy (non-hydrogen) atoms. The molecule has 1 aromatic carbocycles. The molecule has 0 aliphatic rings. The molecule has 4 nitrogen and oxygen atoms in total. The summed E-state index contributed by atoms with van der Waals surface area (Å²) in [5, 5.41) is 13.7. The third kappa shape index (κ3) is 6.43. The highest BCUT2D eigenvalue weighted by Gasteiger charge is 2.33. The van der Waals surface area contributed by atoms with Crippen LogP contribution in [0.5, 0.6) is 0 Å². The number of aliphatic hydroxyl groups excluding tert-OH is 1. The van der Waals surface area contributed by atoms with Gasteiger partial charge in [0.2, 0.25) is 0 Å².